The van der Waals surface area contributed by atoms with Gasteiger partial charge in [-0.3, -0.25) is 14.9 Å². The molecule has 188 valence electrons. The van der Waals surface area contributed by atoms with Crippen LogP contribution in [0.2, 0.25) is 0 Å². The van der Waals surface area contributed by atoms with Crippen molar-refractivity contribution in [3.05, 3.63) is 48.2 Å². The number of amides is 1. The van der Waals surface area contributed by atoms with E-state index in [2.05, 4.69) is 30.5 Å². The molecular weight excluding hydrogens is 464 g/mol. The van der Waals surface area contributed by atoms with Gasteiger partial charge < -0.3 is 24.3 Å². The number of H-pyrrole nitrogens is 1. The molecule has 11 nitrogen and oxygen atoms in total. The maximum atomic E-state index is 12.6. The number of fused-ring (bicyclic) bond motifs is 1. The van der Waals surface area contributed by atoms with Crippen molar-refractivity contribution in [2.45, 2.75) is 33.1 Å². The Balaban J connectivity index is 1.53. The summed E-state index contributed by atoms with van der Waals surface area (Å²) in [6.07, 6.45) is 2.92. The van der Waals surface area contributed by atoms with Gasteiger partial charge in [-0.15, -0.1) is 0 Å². The summed E-state index contributed by atoms with van der Waals surface area (Å²) in [5.74, 6) is 2.70. The number of hydrogen-bond donors (Lipinski definition) is 2. The maximum absolute atomic E-state index is 12.6. The molecule has 0 radical (unpaired) electrons. The predicted octanol–water partition coefficient (Wildman–Crippen LogP) is 4.26. The molecule has 1 aromatic carbocycles. The fourth-order valence-corrected chi connectivity index (χ4v) is 3.52. The molecular formula is C25H28N6O5. The van der Waals surface area contributed by atoms with Crippen molar-refractivity contribution < 1.29 is 23.7 Å². The van der Waals surface area contributed by atoms with Crippen molar-refractivity contribution in [1.29, 1.82) is 0 Å². The minimum absolute atomic E-state index is 0.00116. The van der Waals surface area contributed by atoms with Gasteiger partial charge in [-0.1, -0.05) is 13.8 Å². The van der Waals surface area contributed by atoms with E-state index in [0.29, 0.717) is 57.9 Å². The second kappa shape index (κ2) is 10.9. The highest BCUT2D eigenvalue weighted by Crippen LogP contribution is 2.36. The smallest absolute Gasteiger partial charge is 0.231 e. The Morgan fingerprint density at radius 3 is 2.53 bits per heavy atom. The third-order valence-corrected chi connectivity index (χ3v) is 5.34. The molecule has 2 N–H and O–H groups in total. The van der Waals surface area contributed by atoms with E-state index in [1.165, 1.54) is 19.6 Å². The summed E-state index contributed by atoms with van der Waals surface area (Å²) < 4.78 is 22.5. The summed E-state index contributed by atoms with van der Waals surface area (Å²) in [5, 5.41) is 10.4. The standard InChI is InChI=1S/C25H28N6O5/c1-6-35-22-9-18-16(8-21(22)34-5)25(28-13-27-18)36-15-7-20(33-4)19(26-12-15)11-24(32)29-23-10-17(14(2)3)30-31-23/h7-10,12-14H,6,11H2,1-5H3,(H2,29,30,31,32). The largest absolute Gasteiger partial charge is 0.495 e. The van der Waals surface area contributed by atoms with E-state index in [9.17, 15) is 4.79 Å². The zero-order valence-corrected chi connectivity index (χ0v) is 20.8. The molecule has 0 aliphatic carbocycles. The molecule has 1 amide bonds. The highest BCUT2D eigenvalue weighted by atomic mass is 16.5. The van der Waals surface area contributed by atoms with E-state index in [1.807, 2.05) is 26.8 Å². The topological polar surface area (TPSA) is 133 Å². The molecule has 0 bridgehead atoms. The van der Waals surface area contributed by atoms with E-state index in [4.69, 9.17) is 18.9 Å². The maximum Gasteiger partial charge on any atom is 0.231 e. The molecule has 4 aromatic rings. The fraction of sp³-hybridized carbons (Fsp3) is 0.320. The van der Waals surface area contributed by atoms with Crippen molar-refractivity contribution >= 4 is 22.6 Å². The molecule has 0 aliphatic heterocycles. The first-order valence-electron chi connectivity index (χ1n) is 11.4. The second-order valence-corrected chi connectivity index (χ2v) is 8.14. The number of methoxy groups -OCH3 is 2. The molecule has 0 unspecified atom stereocenters. The van der Waals surface area contributed by atoms with Crippen molar-refractivity contribution in [1.82, 2.24) is 25.1 Å². The molecule has 0 saturated heterocycles. The second-order valence-electron chi connectivity index (χ2n) is 8.14. The Kier molecular flexibility index (Phi) is 7.47. The van der Waals surface area contributed by atoms with Crippen molar-refractivity contribution in [3.8, 4) is 28.9 Å². The zero-order valence-electron chi connectivity index (χ0n) is 20.8. The van der Waals surface area contributed by atoms with Gasteiger partial charge in [0.2, 0.25) is 11.8 Å². The van der Waals surface area contributed by atoms with Crippen molar-refractivity contribution in [2.75, 3.05) is 26.1 Å². The van der Waals surface area contributed by atoms with E-state index >= 15 is 0 Å². The first-order valence-corrected chi connectivity index (χ1v) is 11.4. The molecule has 11 heteroatoms. The van der Waals surface area contributed by atoms with Crippen LogP contribution >= 0.6 is 0 Å². The van der Waals surface area contributed by atoms with Crippen LogP contribution in [0, 0.1) is 0 Å². The molecule has 36 heavy (non-hydrogen) atoms. The lowest BCUT2D eigenvalue weighted by molar-refractivity contribution is -0.115. The number of hydrogen-bond acceptors (Lipinski definition) is 9. The Morgan fingerprint density at radius 2 is 1.83 bits per heavy atom. The van der Waals surface area contributed by atoms with Gasteiger partial charge in [0.15, 0.2) is 23.1 Å². The van der Waals surface area contributed by atoms with Crippen molar-refractivity contribution in [2.24, 2.45) is 0 Å². The normalized spacial score (nSPS) is 10.9. The molecule has 4 rings (SSSR count). The number of anilines is 1. The van der Waals surface area contributed by atoms with Gasteiger partial charge >= 0.3 is 0 Å². The van der Waals surface area contributed by atoms with Gasteiger partial charge in [0.1, 0.15) is 12.1 Å². The minimum Gasteiger partial charge on any atom is -0.495 e. The van der Waals surface area contributed by atoms with Crippen molar-refractivity contribution in [3.63, 3.8) is 0 Å². The van der Waals surface area contributed by atoms with Gasteiger partial charge in [-0.2, -0.15) is 5.10 Å². The van der Waals surface area contributed by atoms with Crippen LogP contribution in [0.3, 0.4) is 0 Å². The first kappa shape index (κ1) is 24.7. The Morgan fingerprint density at radius 1 is 1.03 bits per heavy atom. The van der Waals surface area contributed by atoms with Crippen LogP contribution in [-0.2, 0) is 11.2 Å². The van der Waals surface area contributed by atoms with Crippen LogP contribution in [0.25, 0.3) is 10.9 Å². The summed E-state index contributed by atoms with van der Waals surface area (Å²) in [6, 6.07) is 7.00. The van der Waals surface area contributed by atoms with Gasteiger partial charge in [0, 0.05) is 23.9 Å². The van der Waals surface area contributed by atoms with Crippen LogP contribution in [0.4, 0.5) is 5.82 Å². The van der Waals surface area contributed by atoms with Gasteiger partial charge in [-0.05, 0) is 18.9 Å². The Bertz CT molecular complexity index is 1370. The lowest BCUT2D eigenvalue weighted by Crippen LogP contribution is -2.16. The average molecular weight is 493 g/mol. The number of nitrogens with one attached hydrogen (secondary N) is 2. The van der Waals surface area contributed by atoms with Crippen LogP contribution < -0.4 is 24.3 Å². The summed E-state index contributed by atoms with van der Waals surface area (Å²) in [7, 11) is 3.07. The van der Waals surface area contributed by atoms with Gasteiger partial charge in [0.25, 0.3) is 0 Å². The van der Waals surface area contributed by atoms with E-state index < -0.39 is 0 Å². The molecule has 0 spiro atoms. The minimum atomic E-state index is -0.268. The van der Waals surface area contributed by atoms with Gasteiger partial charge in [0.05, 0.1) is 50.0 Å². The van der Waals surface area contributed by atoms with Crippen LogP contribution in [0.15, 0.2) is 36.8 Å². The number of rotatable bonds is 10. The Labute approximate surface area is 208 Å². The summed E-state index contributed by atoms with van der Waals surface area (Å²) in [5.41, 5.74) is 2.03. The lowest BCUT2D eigenvalue weighted by Gasteiger charge is -2.13. The SMILES string of the molecule is CCOc1cc2ncnc(Oc3cnc(CC(=O)Nc4cc(C(C)C)[nH]n4)c(OC)c3)c2cc1OC. The number of nitrogens with zero attached hydrogens (tertiary/aromatic N) is 4. The fourth-order valence-electron chi connectivity index (χ4n) is 3.52. The monoisotopic (exact) mass is 492 g/mol. The quantitative estimate of drug-likeness (QED) is 0.333. The number of aromatic nitrogens is 5. The number of ether oxygens (including phenoxy) is 4. The molecule has 0 aliphatic rings. The highest BCUT2D eigenvalue weighted by molar-refractivity contribution is 5.91. The molecule has 3 heterocycles. The number of carbonyl (C=O) groups is 1. The number of aromatic amines is 1. The number of pyridine rings is 1. The third-order valence-electron chi connectivity index (χ3n) is 5.34. The first-order chi connectivity index (χ1) is 17.4. The van der Waals surface area contributed by atoms with Crippen LogP contribution in [0.1, 0.15) is 38.1 Å². The lowest BCUT2D eigenvalue weighted by atomic mass is 10.1. The summed E-state index contributed by atoms with van der Waals surface area (Å²) in [4.78, 5) is 25.5. The van der Waals surface area contributed by atoms with Crippen LogP contribution in [0.5, 0.6) is 28.9 Å². The third kappa shape index (κ3) is 5.45. The predicted molar refractivity (Wildman–Crippen MR) is 133 cm³/mol. The Hall–Kier alpha value is -4.41. The molecule has 0 fully saturated rings. The van der Waals surface area contributed by atoms with E-state index in [-0.39, 0.29) is 18.2 Å². The summed E-state index contributed by atoms with van der Waals surface area (Å²) >= 11 is 0. The number of carbonyl (C=O) groups excluding carboxylic acids is 1. The highest BCUT2D eigenvalue weighted by Gasteiger charge is 2.16. The molecule has 0 atom stereocenters. The van der Waals surface area contributed by atoms with E-state index in [0.717, 1.165) is 5.69 Å². The molecule has 3 aromatic heterocycles. The summed E-state index contributed by atoms with van der Waals surface area (Å²) in [6.45, 7) is 6.46. The van der Waals surface area contributed by atoms with Crippen LogP contribution in [-0.4, -0.2) is 51.9 Å². The average Bonchev–Trinajstić information content (AvgIpc) is 3.33. The van der Waals surface area contributed by atoms with E-state index in [1.54, 1.807) is 25.3 Å². The van der Waals surface area contributed by atoms with Gasteiger partial charge in [-0.25, -0.2) is 9.97 Å². The molecule has 0 saturated carbocycles. The zero-order chi connectivity index (χ0) is 25.7. The number of benzene rings is 1.